The highest BCUT2D eigenvalue weighted by molar-refractivity contribution is 5.40. The van der Waals surface area contributed by atoms with E-state index in [-0.39, 0.29) is 17.2 Å². The van der Waals surface area contributed by atoms with Gasteiger partial charge >= 0.3 is 0 Å². The van der Waals surface area contributed by atoms with Gasteiger partial charge in [0.1, 0.15) is 23.2 Å². The summed E-state index contributed by atoms with van der Waals surface area (Å²) in [4.78, 5) is 4.23. The van der Waals surface area contributed by atoms with Crippen LogP contribution in [0.25, 0.3) is 0 Å². The molecular formula is C15H16F2N2O. The largest absolute Gasteiger partial charge is 0.439 e. The number of nitrogens with zero attached hydrogens (tertiary/aromatic N) is 1. The highest BCUT2D eigenvalue weighted by atomic mass is 19.1. The molecule has 1 N–H and O–H groups in total. The van der Waals surface area contributed by atoms with Gasteiger partial charge in [-0.2, -0.15) is 4.98 Å². The number of hydrogen-bond acceptors (Lipinski definition) is 3. The molecule has 0 unspecified atom stereocenters. The highest BCUT2D eigenvalue weighted by Crippen LogP contribution is 2.23. The third-order valence-electron chi connectivity index (χ3n) is 2.29. The summed E-state index contributed by atoms with van der Waals surface area (Å²) in [5.74, 6) is -0.410. The van der Waals surface area contributed by atoms with Gasteiger partial charge in [0.25, 0.3) is 0 Å². The Balaban J connectivity index is 2.19. The Morgan fingerprint density at radius 2 is 1.70 bits per heavy atom. The smallest absolute Gasteiger partial charge is 0.221 e. The Hall–Kier alpha value is -2.17. The van der Waals surface area contributed by atoms with Crippen molar-refractivity contribution in [2.45, 2.75) is 26.3 Å². The summed E-state index contributed by atoms with van der Waals surface area (Å²) in [6.45, 7) is 6.01. The normalized spacial score (nSPS) is 11.2. The SMILES string of the molecule is CC(C)(C)Nc1cccc(Oc2cc(F)cc(F)c2)n1. The van der Waals surface area contributed by atoms with Crippen molar-refractivity contribution in [2.24, 2.45) is 0 Å². The maximum absolute atomic E-state index is 13.1. The van der Waals surface area contributed by atoms with Crippen LogP contribution in [0.2, 0.25) is 0 Å². The van der Waals surface area contributed by atoms with Crippen LogP contribution in [-0.2, 0) is 0 Å². The zero-order valence-electron chi connectivity index (χ0n) is 11.6. The lowest BCUT2D eigenvalue weighted by atomic mass is 10.1. The van der Waals surface area contributed by atoms with Crippen LogP contribution in [-0.4, -0.2) is 10.5 Å². The monoisotopic (exact) mass is 278 g/mol. The zero-order valence-corrected chi connectivity index (χ0v) is 11.6. The van der Waals surface area contributed by atoms with Gasteiger partial charge in [-0.05, 0) is 26.8 Å². The molecule has 0 atom stereocenters. The molecule has 3 nitrogen and oxygen atoms in total. The molecule has 2 aromatic rings. The Morgan fingerprint density at radius 1 is 1.05 bits per heavy atom. The van der Waals surface area contributed by atoms with Gasteiger partial charge in [0.2, 0.25) is 5.88 Å². The molecule has 0 radical (unpaired) electrons. The fourth-order valence-corrected chi connectivity index (χ4v) is 1.63. The molecule has 20 heavy (non-hydrogen) atoms. The summed E-state index contributed by atoms with van der Waals surface area (Å²) in [6, 6.07) is 8.17. The summed E-state index contributed by atoms with van der Waals surface area (Å²) >= 11 is 0. The van der Waals surface area contributed by atoms with E-state index in [1.54, 1.807) is 18.2 Å². The number of aromatic nitrogens is 1. The van der Waals surface area contributed by atoms with Crippen LogP contribution in [0.5, 0.6) is 11.6 Å². The third kappa shape index (κ3) is 4.19. The first-order valence-electron chi connectivity index (χ1n) is 6.21. The van der Waals surface area contributed by atoms with Gasteiger partial charge in [0, 0.05) is 29.8 Å². The van der Waals surface area contributed by atoms with Gasteiger partial charge in [0.15, 0.2) is 0 Å². The Kier molecular flexibility index (Phi) is 3.88. The first-order valence-corrected chi connectivity index (χ1v) is 6.21. The fourth-order valence-electron chi connectivity index (χ4n) is 1.63. The van der Waals surface area contributed by atoms with Gasteiger partial charge in [-0.1, -0.05) is 6.07 Å². The lowest BCUT2D eigenvalue weighted by molar-refractivity contribution is 0.451. The molecule has 0 aliphatic rings. The Labute approximate surface area is 116 Å². The number of pyridine rings is 1. The van der Waals surface area contributed by atoms with Crippen molar-refractivity contribution in [2.75, 3.05) is 5.32 Å². The van der Waals surface area contributed by atoms with E-state index in [4.69, 9.17) is 4.74 Å². The molecule has 0 saturated heterocycles. The molecule has 1 heterocycles. The molecule has 1 aromatic carbocycles. The van der Waals surface area contributed by atoms with Crippen molar-refractivity contribution in [1.82, 2.24) is 4.98 Å². The second-order valence-electron chi connectivity index (χ2n) is 5.44. The molecule has 0 saturated carbocycles. The van der Waals surface area contributed by atoms with Crippen LogP contribution in [0.15, 0.2) is 36.4 Å². The predicted molar refractivity (Wildman–Crippen MR) is 74.0 cm³/mol. The lowest BCUT2D eigenvalue weighted by Crippen LogP contribution is -2.26. The average molecular weight is 278 g/mol. The summed E-state index contributed by atoms with van der Waals surface area (Å²) in [6.07, 6.45) is 0. The highest BCUT2D eigenvalue weighted by Gasteiger charge is 2.11. The second-order valence-corrected chi connectivity index (χ2v) is 5.44. The van der Waals surface area contributed by atoms with E-state index in [1.807, 2.05) is 20.8 Å². The van der Waals surface area contributed by atoms with Crippen molar-refractivity contribution >= 4 is 5.82 Å². The fraction of sp³-hybridized carbons (Fsp3) is 0.267. The number of rotatable bonds is 3. The van der Waals surface area contributed by atoms with E-state index in [0.29, 0.717) is 5.82 Å². The van der Waals surface area contributed by atoms with Crippen LogP contribution in [0.1, 0.15) is 20.8 Å². The molecule has 0 fully saturated rings. The minimum atomic E-state index is -0.691. The first-order chi connectivity index (χ1) is 9.32. The molecule has 2 rings (SSSR count). The first kappa shape index (κ1) is 14.2. The maximum Gasteiger partial charge on any atom is 0.221 e. The van der Waals surface area contributed by atoms with Crippen molar-refractivity contribution < 1.29 is 13.5 Å². The van der Waals surface area contributed by atoms with E-state index >= 15 is 0 Å². The van der Waals surface area contributed by atoms with E-state index in [2.05, 4.69) is 10.3 Å². The molecule has 0 aliphatic carbocycles. The van der Waals surface area contributed by atoms with E-state index in [1.165, 1.54) is 0 Å². The van der Waals surface area contributed by atoms with Crippen LogP contribution in [0, 0.1) is 11.6 Å². The molecule has 0 amide bonds. The summed E-state index contributed by atoms with van der Waals surface area (Å²) in [5, 5.41) is 3.19. The number of anilines is 1. The molecule has 1 aromatic heterocycles. The van der Waals surface area contributed by atoms with Crippen LogP contribution in [0.3, 0.4) is 0 Å². The Morgan fingerprint density at radius 3 is 2.30 bits per heavy atom. The van der Waals surface area contributed by atoms with Gasteiger partial charge in [-0.3, -0.25) is 0 Å². The van der Waals surface area contributed by atoms with Crippen molar-refractivity contribution in [3.63, 3.8) is 0 Å². The van der Waals surface area contributed by atoms with E-state index < -0.39 is 11.6 Å². The van der Waals surface area contributed by atoms with Crippen LogP contribution >= 0.6 is 0 Å². The van der Waals surface area contributed by atoms with E-state index in [9.17, 15) is 8.78 Å². The molecule has 0 bridgehead atoms. The summed E-state index contributed by atoms with van der Waals surface area (Å²) in [5.41, 5.74) is -0.142. The number of hydrogen-bond donors (Lipinski definition) is 1. The maximum atomic E-state index is 13.1. The Bertz CT molecular complexity index is 589. The summed E-state index contributed by atoms with van der Waals surface area (Å²) < 4.78 is 31.5. The molecule has 5 heteroatoms. The quantitative estimate of drug-likeness (QED) is 0.905. The van der Waals surface area contributed by atoms with Crippen molar-refractivity contribution in [3.8, 4) is 11.6 Å². The minimum absolute atomic E-state index is 0.0721. The standard InChI is InChI=1S/C15H16F2N2O/c1-15(2,3)19-13-5-4-6-14(18-13)20-12-8-10(16)7-11(17)9-12/h4-9H,1-3H3,(H,18,19). The number of halogens is 2. The number of nitrogens with one attached hydrogen (secondary N) is 1. The van der Waals surface area contributed by atoms with Crippen molar-refractivity contribution in [3.05, 3.63) is 48.0 Å². The molecular weight excluding hydrogens is 262 g/mol. The zero-order chi connectivity index (χ0) is 14.8. The molecule has 0 aliphatic heterocycles. The van der Waals surface area contributed by atoms with Gasteiger partial charge in [-0.25, -0.2) is 8.78 Å². The van der Waals surface area contributed by atoms with E-state index in [0.717, 1.165) is 18.2 Å². The minimum Gasteiger partial charge on any atom is -0.439 e. The average Bonchev–Trinajstić information content (AvgIpc) is 2.25. The number of ether oxygens (including phenoxy) is 1. The van der Waals surface area contributed by atoms with Gasteiger partial charge < -0.3 is 10.1 Å². The predicted octanol–water partition coefficient (Wildman–Crippen LogP) is 4.36. The third-order valence-corrected chi connectivity index (χ3v) is 2.29. The number of benzene rings is 1. The van der Waals surface area contributed by atoms with Gasteiger partial charge in [-0.15, -0.1) is 0 Å². The topological polar surface area (TPSA) is 34.1 Å². The summed E-state index contributed by atoms with van der Waals surface area (Å²) in [7, 11) is 0. The molecule has 106 valence electrons. The van der Waals surface area contributed by atoms with Crippen LogP contribution in [0.4, 0.5) is 14.6 Å². The molecule has 0 spiro atoms. The van der Waals surface area contributed by atoms with Crippen LogP contribution < -0.4 is 10.1 Å². The second kappa shape index (κ2) is 5.45. The van der Waals surface area contributed by atoms with Gasteiger partial charge in [0.05, 0.1) is 0 Å². The van der Waals surface area contributed by atoms with Crippen molar-refractivity contribution in [1.29, 1.82) is 0 Å². The lowest BCUT2D eigenvalue weighted by Gasteiger charge is -2.21.